The second-order valence-corrected chi connectivity index (χ2v) is 11.7. The number of nitrogens with zero attached hydrogens (tertiary/aromatic N) is 2. The molecule has 0 aliphatic heterocycles. The van der Waals surface area contributed by atoms with Gasteiger partial charge in [-0.3, -0.25) is 13.9 Å². The summed E-state index contributed by atoms with van der Waals surface area (Å²) in [5.74, 6) is -0.729. The van der Waals surface area contributed by atoms with Crippen LogP contribution >= 0.6 is 11.6 Å². The Morgan fingerprint density at radius 2 is 1.64 bits per heavy atom. The van der Waals surface area contributed by atoms with Gasteiger partial charge in [-0.1, -0.05) is 48.4 Å². The van der Waals surface area contributed by atoms with E-state index in [1.165, 1.54) is 43.3 Å². The molecule has 3 rings (SSSR count). The van der Waals surface area contributed by atoms with Gasteiger partial charge in [0.2, 0.25) is 11.8 Å². The summed E-state index contributed by atoms with van der Waals surface area (Å²) in [5, 5.41) is 1.88. The largest absolute Gasteiger partial charge is 0.497 e. The smallest absolute Gasteiger partial charge is 0.417 e. The molecule has 1 N–H and O–H groups in total. The summed E-state index contributed by atoms with van der Waals surface area (Å²) >= 11 is 5.80. The van der Waals surface area contributed by atoms with E-state index >= 15 is 0 Å². The molecule has 3 aromatic rings. The number of methoxy groups -OCH3 is 1. The zero-order valence-corrected chi connectivity index (χ0v) is 25.0. The molecule has 0 aromatic heterocycles. The van der Waals surface area contributed by atoms with Gasteiger partial charge in [-0.05, 0) is 61.4 Å². The van der Waals surface area contributed by atoms with E-state index < -0.39 is 56.9 Å². The van der Waals surface area contributed by atoms with Crippen LogP contribution in [0.3, 0.4) is 0 Å². The summed E-state index contributed by atoms with van der Waals surface area (Å²) in [5.41, 5.74) is -0.308. The van der Waals surface area contributed by atoms with Gasteiger partial charge in [0.15, 0.2) is 0 Å². The van der Waals surface area contributed by atoms with Gasteiger partial charge in [-0.2, -0.15) is 13.2 Å². The molecule has 0 aliphatic carbocycles. The standard InChI is InChI=1S/C29H31ClF3N3O5S/c1-5-26(28(38)34-3)35(17-20-8-11-22(41-4)12-9-20)27(37)18-36(42(39,40)23-13-6-19(2)7-14-23)21-10-15-25(30)24(16-21)29(31,32)33/h6-16,26H,5,17-18H2,1-4H3,(H,34,38)/t26-/m1/s1. The third-order valence-electron chi connectivity index (χ3n) is 6.58. The maximum atomic E-state index is 13.9. The second-order valence-electron chi connectivity index (χ2n) is 9.39. The number of hydrogen-bond donors (Lipinski definition) is 1. The van der Waals surface area contributed by atoms with Crippen LogP contribution in [0.25, 0.3) is 0 Å². The van der Waals surface area contributed by atoms with E-state index in [0.29, 0.717) is 21.7 Å². The fourth-order valence-electron chi connectivity index (χ4n) is 4.27. The number of benzene rings is 3. The van der Waals surface area contributed by atoms with Crippen LogP contribution in [0.2, 0.25) is 5.02 Å². The summed E-state index contributed by atoms with van der Waals surface area (Å²) < 4.78 is 74.7. The Hall–Kier alpha value is -3.77. The van der Waals surface area contributed by atoms with Crippen LogP contribution in [0.1, 0.15) is 30.0 Å². The number of aryl methyl sites for hydroxylation is 1. The van der Waals surface area contributed by atoms with E-state index in [1.807, 2.05) is 0 Å². The van der Waals surface area contributed by atoms with E-state index in [9.17, 15) is 31.2 Å². The fraction of sp³-hybridized carbons (Fsp3) is 0.310. The lowest BCUT2D eigenvalue weighted by Gasteiger charge is -2.33. The van der Waals surface area contributed by atoms with Crippen molar-refractivity contribution in [1.29, 1.82) is 0 Å². The molecule has 226 valence electrons. The Labute approximate surface area is 248 Å². The molecule has 0 saturated carbocycles. The second kappa shape index (κ2) is 13.5. The Balaban J connectivity index is 2.14. The van der Waals surface area contributed by atoms with Gasteiger partial charge >= 0.3 is 6.18 Å². The summed E-state index contributed by atoms with van der Waals surface area (Å²) in [6.45, 7) is 2.46. The first-order chi connectivity index (χ1) is 19.7. The van der Waals surface area contributed by atoms with Crippen molar-refractivity contribution in [2.75, 3.05) is 25.0 Å². The molecule has 0 fully saturated rings. The number of likely N-dealkylation sites (N-methyl/N-ethyl adjacent to an activating group) is 1. The molecule has 3 aromatic carbocycles. The first kappa shape index (κ1) is 32.7. The van der Waals surface area contributed by atoms with Crippen molar-refractivity contribution < 1.29 is 35.9 Å². The van der Waals surface area contributed by atoms with Crippen molar-refractivity contribution in [3.63, 3.8) is 0 Å². The minimum Gasteiger partial charge on any atom is -0.497 e. The van der Waals surface area contributed by atoms with Crippen molar-refractivity contribution in [1.82, 2.24) is 10.2 Å². The van der Waals surface area contributed by atoms with Crippen LogP contribution in [-0.4, -0.2) is 51.9 Å². The molecule has 8 nitrogen and oxygen atoms in total. The highest BCUT2D eigenvalue weighted by atomic mass is 35.5. The zero-order chi connectivity index (χ0) is 31.2. The van der Waals surface area contributed by atoms with Crippen LogP contribution in [-0.2, 0) is 32.3 Å². The van der Waals surface area contributed by atoms with E-state index in [1.54, 1.807) is 38.1 Å². The third-order valence-corrected chi connectivity index (χ3v) is 8.69. The van der Waals surface area contributed by atoms with Gasteiger partial charge in [0.25, 0.3) is 10.0 Å². The Morgan fingerprint density at radius 1 is 1.02 bits per heavy atom. The average Bonchev–Trinajstić information content (AvgIpc) is 2.95. The van der Waals surface area contributed by atoms with Crippen LogP contribution in [0.5, 0.6) is 5.75 Å². The molecule has 0 saturated heterocycles. The molecule has 0 heterocycles. The maximum absolute atomic E-state index is 13.9. The summed E-state index contributed by atoms with van der Waals surface area (Å²) in [6, 6.07) is 14.0. The molecule has 0 spiro atoms. The van der Waals surface area contributed by atoms with E-state index in [0.717, 1.165) is 17.7 Å². The number of halogens is 4. The number of amides is 2. The molecular formula is C29H31ClF3N3O5S. The number of hydrogen-bond acceptors (Lipinski definition) is 5. The van der Waals surface area contributed by atoms with Crippen LogP contribution < -0.4 is 14.4 Å². The molecular weight excluding hydrogens is 595 g/mol. The molecule has 2 amide bonds. The number of carbonyl (C=O) groups excluding carboxylic acids is 2. The first-order valence-corrected chi connectivity index (χ1v) is 14.6. The number of alkyl halides is 3. The number of ether oxygens (including phenoxy) is 1. The van der Waals surface area contributed by atoms with Gasteiger partial charge in [0.1, 0.15) is 18.3 Å². The SMILES string of the molecule is CC[C@H](C(=O)NC)N(Cc1ccc(OC)cc1)C(=O)CN(c1ccc(Cl)c(C(F)(F)F)c1)S(=O)(=O)c1ccc(C)cc1. The Morgan fingerprint density at radius 3 is 2.17 bits per heavy atom. The van der Waals surface area contributed by atoms with Gasteiger partial charge in [0, 0.05) is 13.6 Å². The first-order valence-electron chi connectivity index (χ1n) is 12.8. The number of anilines is 1. The van der Waals surface area contributed by atoms with Crippen molar-refractivity contribution in [3.05, 3.63) is 88.4 Å². The normalized spacial score (nSPS) is 12.4. The zero-order valence-electron chi connectivity index (χ0n) is 23.4. The Bertz CT molecular complexity index is 1510. The van der Waals surface area contributed by atoms with E-state index in [4.69, 9.17) is 16.3 Å². The van der Waals surface area contributed by atoms with Gasteiger partial charge in [-0.25, -0.2) is 8.42 Å². The van der Waals surface area contributed by atoms with Crippen molar-refractivity contribution in [2.45, 2.75) is 43.9 Å². The molecule has 0 bridgehead atoms. The van der Waals surface area contributed by atoms with Crippen molar-refractivity contribution >= 4 is 39.1 Å². The number of carbonyl (C=O) groups is 2. The predicted octanol–water partition coefficient (Wildman–Crippen LogP) is 5.42. The highest BCUT2D eigenvalue weighted by Crippen LogP contribution is 2.38. The molecule has 13 heteroatoms. The lowest BCUT2D eigenvalue weighted by Crippen LogP contribution is -2.51. The predicted molar refractivity (Wildman–Crippen MR) is 154 cm³/mol. The van der Waals surface area contributed by atoms with Gasteiger partial charge in [0.05, 0.1) is 28.3 Å². The monoisotopic (exact) mass is 625 g/mol. The van der Waals surface area contributed by atoms with E-state index in [2.05, 4.69) is 5.32 Å². The molecule has 42 heavy (non-hydrogen) atoms. The van der Waals surface area contributed by atoms with Crippen LogP contribution in [0.4, 0.5) is 18.9 Å². The quantitative estimate of drug-likeness (QED) is 0.307. The van der Waals surface area contributed by atoms with Crippen molar-refractivity contribution in [2.24, 2.45) is 0 Å². The summed E-state index contributed by atoms with van der Waals surface area (Å²) in [7, 11) is -1.66. The Kier molecular flexibility index (Phi) is 10.5. The van der Waals surface area contributed by atoms with Crippen LogP contribution in [0.15, 0.2) is 71.6 Å². The number of rotatable bonds is 11. The lowest BCUT2D eigenvalue weighted by atomic mass is 10.1. The highest BCUT2D eigenvalue weighted by Gasteiger charge is 2.37. The third kappa shape index (κ3) is 7.54. The molecule has 0 radical (unpaired) electrons. The van der Waals surface area contributed by atoms with Gasteiger partial charge in [-0.15, -0.1) is 0 Å². The van der Waals surface area contributed by atoms with E-state index in [-0.39, 0.29) is 17.9 Å². The molecule has 0 aliphatic rings. The average molecular weight is 626 g/mol. The summed E-state index contributed by atoms with van der Waals surface area (Å²) in [6.07, 6.45) is -4.70. The molecule has 0 unspecified atom stereocenters. The number of nitrogens with one attached hydrogen (secondary N) is 1. The topological polar surface area (TPSA) is 96.0 Å². The summed E-state index contributed by atoms with van der Waals surface area (Å²) in [4.78, 5) is 27.7. The lowest BCUT2D eigenvalue weighted by molar-refractivity contribution is -0.140. The molecule has 1 atom stereocenters. The van der Waals surface area contributed by atoms with Crippen LogP contribution in [0, 0.1) is 6.92 Å². The fourth-order valence-corrected chi connectivity index (χ4v) is 5.90. The maximum Gasteiger partial charge on any atom is 0.417 e. The highest BCUT2D eigenvalue weighted by molar-refractivity contribution is 7.92. The number of sulfonamides is 1. The minimum absolute atomic E-state index is 0.0818. The van der Waals surface area contributed by atoms with Gasteiger partial charge < -0.3 is 15.0 Å². The minimum atomic E-state index is -4.89. The van der Waals surface area contributed by atoms with Crippen molar-refractivity contribution in [3.8, 4) is 5.75 Å².